The molecule has 27 heavy (non-hydrogen) atoms. The number of urea groups is 1. The molecule has 3 rings (SSSR count). The van der Waals surface area contributed by atoms with Crippen molar-refractivity contribution in [1.82, 2.24) is 15.5 Å². The van der Waals surface area contributed by atoms with Crippen LogP contribution in [0.1, 0.15) is 13.8 Å². The van der Waals surface area contributed by atoms with Gasteiger partial charge in [0.25, 0.3) is 0 Å². The van der Waals surface area contributed by atoms with E-state index in [2.05, 4.69) is 10.6 Å². The molecule has 8 heteroatoms. The Morgan fingerprint density at radius 2 is 2.07 bits per heavy atom. The summed E-state index contributed by atoms with van der Waals surface area (Å²) in [4.78, 5) is 26.1. The van der Waals surface area contributed by atoms with E-state index >= 15 is 0 Å². The molecule has 0 unspecified atom stereocenters. The highest BCUT2D eigenvalue weighted by Gasteiger charge is 2.31. The molecule has 0 saturated heterocycles. The molecule has 2 atom stereocenters. The van der Waals surface area contributed by atoms with Crippen molar-refractivity contribution in [2.24, 2.45) is 0 Å². The number of likely N-dealkylation sites (N-methyl/N-ethyl adjacent to an activating group) is 1. The number of para-hydroxylation sites is 2. The van der Waals surface area contributed by atoms with Gasteiger partial charge < -0.3 is 24.8 Å². The average Bonchev–Trinajstić information content (AvgIpc) is 2.61. The van der Waals surface area contributed by atoms with Crippen LogP contribution < -0.4 is 20.1 Å². The molecule has 2 N–H and O–H groups in total. The van der Waals surface area contributed by atoms with Gasteiger partial charge in [-0.2, -0.15) is 0 Å². The maximum absolute atomic E-state index is 12.3. The number of carbonyl (C=O) groups is 2. The van der Waals surface area contributed by atoms with Gasteiger partial charge in [0, 0.05) is 18.8 Å². The van der Waals surface area contributed by atoms with Gasteiger partial charge in [-0.15, -0.1) is 0 Å². The Balaban J connectivity index is 1.67. The Labute approximate surface area is 158 Å². The van der Waals surface area contributed by atoms with Crippen LogP contribution in [0, 0.1) is 0 Å². The second kappa shape index (κ2) is 8.30. The number of hydrogen-bond acceptors (Lipinski definition) is 6. The van der Waals surface area contributed by atoms with Crippen LogP contribution in [0.4, 0.5) is 4.79 Å². The summed E-state index contributed by atoms with van der Waals surface area (Å²) in [6.45, 7) is 5.19. The van der Waals surface area contributed by atoms with Crippen molar-refractivity contribution in [2.75, 3.05) is 33.4 Å². The highest BCUT2D eigenvalue weighted by Crippen LogP contribution is 2.31. The number of benzene rings is 1. The number of nitrogens with zero attached hydrogens (tertiary/aromatic N) is 1. The second-order valence-corrected chi connectivity index (χ2v) is 6.63. The second-order valence-electron chi connectivity index (χ2n) is 6.63. The first-order chi connectivity index (χ1) is 13.0. The zero-order valence-corrected chi connectivity index (χ0v) is 15.8. The monoisotopic (exact) mass is 375 g/mol. The maximum atomic E-state index is 12.3. The van der Waals surface area contributed by atoms with Gasteiger partial charge in [-0.25, -0.2) is 9.59 Å². The van der Waals surface area contributed by atoms with E-state index in [4.69, 9.17) is 14.2 Å². The summed E-state index contributed by atoms with van der Waals surface area (Å²) in [5.41, 5.74) is 0.985. The average molecular weight is 375 g/mol. The normalized spacial score (nSPS) is 21.6. The molecule has 8 nitrogen and oxygen atoms in total. The molecule has 0 bridgehead atoms. The van der Waals surface area contributed by atoms with Crippen LogP contribution in [-0.4, -0.2) is 62.4 Å². The molecule has 2 aliphatic rings. The van der Waals surface area contributed by atoms with Crippen LogP contribution in [0.3, 0.4) is 0 Å². The minimum Gasteiger partial charge on any atom is -0.486 e. The highest BCUT2D eigenvalue weighted by molar-refractivity contribution is 5.94. The number of nitrogens with one attached hydrogen (secondary N) is 2. The van der Waals surface area contributed by atoms with E-state index in [0.717, 1.165) is 11.5 Å². The van der Waals surface area contributed by atoms with E-state index in [1.54, 1.807) is 13.8 Å². The molecule has 0 spiro atoms. The van der Waals surface area contributed by atoms with Gasteiger partial charge in [-0.1, -0.05) is 12.1 Å². The molecule has 0 fully saturated rings. The molecule has 2 aliphatic heterocycles. The molecule has 1 aromatic carbocycles. The fraction of sp³-hybridized carbons (Fsp3) is 0.474. The Morgan fingerprint density at radius 1 is 1.33 bits per heavy atom. The van der Waals surface area contributed by atoms with E-state index in [9.17, 15) is 9.59 Å². The summed E-state index contributed by atoms with van der Waals surface area (Å²) in [6.07, 6.45) is -0.147. The minimum absolute atomic E-state index is 0.147. The van der Waals surface area contributed by atoms with E-state index in [0.29, 0.717) is 31.0 Å². The summed E-state index contributed by atoms with van der Waals surface area (Å²) >= 11 is 0. The van der Waals surface area contributed by atoms with Crippen LogP contribution in [-0.2, 0) is 9.53 Å². The summed E-state index contributed by atoms with van der Waals surface area (Å²) in [7, 11) is 1.90. The van der Waals surface area contributed by atoms with Crippen molar-refractivity contribution in [2.45, 2.75) is 26.0 Å². The molecule has 0 aromatic heterocycles. The summed E-state index contributed by atoms with van der Waals surface area (Å²) in [5, 5.41) is 5.43. The van der Waals surface area contributed by atoms with E-state index < -0.39 is 12.0 Å². The smallest absolute Gasteiger partial charge is 0.337 e. The third-order valence-corrected chi connectivity index (χ3v) is 4.38. The molecule has 0 aliphatic carbocycles. The van der Waals surface area contributed by atoms with Crippen molar-refractivity contribution in [3.63, 3.8) is 0 Å². The molecule has 2 amide bonds. The topological polar surface area (TPSA) is 89.1 Å². The SMILES string of the molecule is CCOC(=O)C1=C(CN(C)C[C@H]2COc3ccccc3O2)NC(=O)N[C@@H]1C. The van der Waals surface area contributed by atoms with E-state index in [-0.39, 0.29) is 18.7 Å². The predicted octanol–water partition coefficient (Wildman–Crippen LogP) is 1.28. The van der Waals surface area contributed by atoms with Gasteiger partial charge in [0.05, 0.1) is 18.2 Å². The molecule has 2 heterocycles. The van der Waals surface area contributed by atoms with Gasteiger partial charge >= 0.3 is 12.0 Å². The molecular formula is C19H25N3O5. The Hall–Kier alpha value is -2.74. The quantitative estimate of drug-likeness (QED) is 0.728. The third kappa shape index (κ3) is 4.51. The van der Waals surface area contributed by atoms with Crippen molar-refractivity contribution < 1.29 is 23.8 Å². The van der Waals surface area contributed by atoms with Gasteiger partial charge in [-0.05, 0) is 33.0 Å². The van der Waals surface area contributed by atoms with Crippen LogP contribution in [0.25, 0.3) is 0 Å². The van der Waals surface area contributed by atoms with Crippen LogP contribution in [0.2, 0.25) is 0 Å². The number of hydrogen-bond donors (Lipinski definition) is 2. The third-order valence-electron chi connectivity index (χ3n) is 4.38. The number of ether oxygens (including phenoxy) is 3. The zero-order valence-electron chi connectivity index (χ0n) is 15.8. The Morgan fingerprint density at radius 3 is 2.81 bits per heavy atom. The van der Waals surface area contributed by atoms with Crippen molar-refractivity contribution >= 4 is 12.0 Å². The number of esters is 1. The lowest BCUT2D eigenvalue weighted by atomic mass is 10.0. The maximum Gasteiger partial charge on any atom is 0.337 e. The minimum atomic E-state index is -0.424. The summed E-state index contributed by atoms with van der Waals surface area (Å²) in [5.74, 6) is 1.03. The fourth-order valence-corrected chi connectivity index (χ4v) is 3.24. The summed E-state index contributed by atoms with van der Waals surface area (Å²) in [6, 6.07) is 6.80. The first-order valence-corrected chi connectivity index (χ1v) is 9.02. The van der Waals surface area contributed by atoms with Crippen molar-refractivity contribution in [1.29, 1.82) is 0 Å². The molecule has 146 valence electrons. The first-order valence-electron chi connectivity index (χ1n) is 9.02. The number of rotatable bonds is 6. The molecular weight excluding hydrogens is 350 g/mol. The molecule has 0 radical (unpaired) electrons. The van der Waals surface area contributed by atoms with E-state index in [1.165, 1.54) is 0 Å². The fourth-order valence-electron chi connectivity index (χ4n) is 3.24. The predicted molar refractivity (Wildman–Crippen MR) is 98.6 cm³/mol. The van der Waals surface area contributed by atoms with Gasteiger partial charge in [-0.3, -0.25) is 4.90 Å². The van der Waals surface area contributed by atoms with Crippen molar-refractivity contribution in [3.05, 3.63) is 35.5 Å². The Bertz CT molecular complexity index is 749. The lowest BCUT2D eigenvalue weighted by Crippen LogP contribution is -2.51. The highest BCUT2D eigenvalue weighted by atomic mass is 16.6. The van der Waals surface area contributed by atoms with Crippen LogP contribution in [0.5, 0.6) is 11.5 Å². The zero-order chi connectivity index (χ0) is 19.4. The molecule has 1 aromatic rings. The van der Waals surface area contributed by atoms with Crippen molar-refractivity contribution in [3.8, 4) is 11.5 Å². The van der Waals surface area contributed by atoms with Gasteiger partial charge in [0.2, 0.25) is 0 Å². The number of amides is 2. The van der Waals surface area contributed by atoms with E-state index in [1.807, 2.05) is 36.2 Å². The van der Waals surface area contributed by atoms with Gasteiger partial charge in [0.15, 0.2) is 11.5 Å². The lowest BCUT2D eigenvalue weighted by Gasteiger charge is -2.32. The van der Waals surface area contributed by atoms with Crippen LogP contribution in [0.15, 0.2) is 35.5 Å². The lowest BCUT2D eigenvalue weighted by molar-refractivity contribution is -0.139. The number of fused-ring (bicyclic) bond motifs is 1. The molecule has 0 saturated carbocycles. The standard InChI is InChI=1S/C19H25N3O5/c1-4-25-18(23)17-12(2)20-19(24)21-14(17)10-22(3)9-13-11-26-15-7-5-6-8-16(15)27-13/h5-8,12-13H,4,9-11H2,1-3H3,(H2,20,21,24)/t12-,13+/m1/s1. The number of carbonyl (C=O) groups excluding carboxylic acids is 2. The Kier molecular flexibility index (Phi) is 5.85. The van der Waals surface area contributed by atoms with Gasteiger partial charge in [0.1, 0.15) is 12.7 Å². The summed E-state index contributed by atoms with van der Waals surface area (Å²) < 4.78 is 16.8. The van der Waals surface area contributed by atoms with Crippen LogP contribution >= 0.6 is 0 Å². The first kappa shape index (κ1) is 19.0. The largest absolute Gasteiger partial charge is 0.486 e.